The van der Waals surface area contributed by atoms with Gasteiger partial charge in [0.1, 0.15) is 16.9 Å². The van der Waals surface area contributed by atoms with Crippen LogP contribution in [0.4, 0.5) is 8.78 Å². The molecule has 0 bridgehead atoms. The average molecular weight is 745 g/mol. The topological polar surface area (TPSA) is 112 Å². The van der Waals surface area contributed by atoms with Crippen molar-refractivity contribution >= 4 is 35.0 Å². The summed E-state index contributed by atoms with van der Waals surface area (Å²) in [6.45, 7) is 0. The zero-order valence-electron chi connectivity index (χ0n) is 28.1. The second-order valence-electron chi connectivity index (χ2n) is 13.0. The van der Waals surface area contributed by atoms with E-state index in [2.05, 4.69) is 39.3 Å². The molecule has 2 fully saturated rings. The molecule has 1 heterocycles. The summed E-state index contributed by atoms with van der Waals surface area (Å²) < 4.78 is 26.3. The molecule has 0 spiro atoms. The maximum Gasteiger partial charge on any atom is 0.270 e. The van der Waals surface area contributed by atoms with Gasteiger partial charge in [-0.15, -0.1) is 0 Å². The average Bonchev–Trinajstić information content (AvgIpc) is 3.12. The van der Waals surface area contributed by atoms with Gasteiger partial charge in [0.2, 0.25) is 0 Å². The molecule has 52 heavy (non-hydrogen) atoms. The van der Waals surface area contributed by atoms with Gasteiger partial charge in [0, 0.05) is 57.9 Å². The summed E-state index contributed by atoms with van der Waals surface area (Å²) >= 11 is 11.9. The van der Waals surface area contributed by atoms with E-state index in [-0.39, 0.29) is 30.0 Å². The molecule has 3 aromatic carbocycles. The standard InChI is InChI=1S/C21H18ClF2NO2.C20H19ClN2O2/c22-16-4-1-3-14(11-16)8-10-21(27)9-2-5-17(13-21)25-20(26)15-6-7-18(23)19(24)12-15;21-16-6-3-5-15(13-16)9-11-20(25)10-4-7-17(14-20)23-19(24)18-8-1-2-12-22-18/h1,3-4,6-7,11-12,17,27H,2,5,9,13H2,(H,25,26);1-3,5-6,8,12-13,17,25H,4,7,10,14H2,(H,23,24)/t17-,21+;17-,20+/m10/s1. The van der Waals surface area contributed by atoms with Gasteiger partial charge in [-0.25, -0.2) is 8.78 Å². The lowest BCUT2D eigenvalue weighted by atomic mass is 9.82. The molecular formula is C41H37Cl2F2N3O4. The molecule has 4 aromatic rings. The van der Waals surface area contributed by atoms with Crippen molar-refractivity contribution in [3.63, 3.8) is 0 Å². The van der Waals surface area contributed by atoms with Crippen molar-refractivity contribution < 1.29 is 28.6 Å². The van der Waals surface area contributed by atoms with E-state index in [4.69, 9.17) is 23.2 Å². The van der Waals surface area contributed by atoms with Crippen LogP contribution in [-0.4, -0.2) is 50.3 Å². The Morgan fingerprint density at radius 2 is 1.27 bits per heavy atom. The van der Waals surface area contributed by atoms with Crippen molar-refractivity contribution in [2.24, 2.45) is 0 Å². The number of aromatic nitrogens is 1. The van der Waals surface area contributed by atoms with E-state index in [1.54, 1.807) is 60.8 Å². The fraction of sp³-hybridized carbons (Fsp3) is 0.293. The Morgan fingerprint density at radius 1 is 0.712 bits per heavy atom. The number of carbonyl (C=O) groups is 2. The first-order valence-electron chi connectivity index (χ1n) is 16.9. The molecule has 2 aliphatic carbocycles. The molecule has 1 aromatic heterocycles. The minimum Gasteiger partial charge on any atom is -0.378 e. The number of benzene rings is 3. The maximum atomic E-state index is 13.3. The highest BCUT2D eigenvalue weighted by molar-refractivity contribution is 6.31. The number of halogens is 4. The van der Waals surface area contributed by atoms with E-state index in [0.717, 1.165) is 30.5 Å². The van der Waals surface area contributed by atoms with Crippen molar-refractivity contribution in [2.45, 2.75) is 74.7 Å². The normalized spacial score (nSPS) is 22.2. The Hall–Kier alpha value is -4.77. The van der Waals surface area contributed by atoms with Crippen LogP contribution in [0.1, 0.15) is 83.3 Å². The fourth-order valence-electron chi connectivity index (χ4n) is 6.15. The van der Waals surface area contributed by atoms with Gasteiger partial charge in [-0.05, 0) is 105 Å². The molecule has 2 amide bonds. The second-order valence-corrected chi connectivity index (χ2v) is 13.8. The molecule has 7 nitrogen and oxygen atoms in total. The first kappa shape index (κ1) is 38.5. The number of pyridine rings is 1. The molecule has 0 aliphatic heterocycles. The Morgan fingerprint density at radius 3 is 1.77 bits per heavy atom. The highest BCUT2D eigenvalue weighted by Crippen LogP contribution is 2.29. The van der Waals surface area contributed by atoms with Crippen LogP contribution >= 0.6 is 23.2 Å². The van der Waals surface area contributed by atoms with E-state index in [0.29, 0.717) is 53.4 Å². The third-order valence-corrected chi connectivity index (χ3v) is 9.20. The first-order chi connectivity index (χ1) is 24.9. The fourth-order valence-corrected chi connectivity index (χ4v) is 6.53. The van der Waals surface area contributed by atoms with E-state index in [9.17, 15) is 28.6 Å². The smallest absolute Gasteiger partial charge is 0.270 e. The molecule has 0 radical (unpaired) electrons. The molecule has 2 aliphatic rings. The highest BCUT2D eigenvalue weighted by atomic mass is 35.5. The van der Waals surface area contributed by atoms with Gasteiger partial charge >= 0.3 is 0 Å². The quantitative estimate of drug-likeness (QED) is 0.165. The predicted molar refractivity (Wildman–Crippen MR) is 197 cm³/mol. The van der Waals surface area contributed by atoms with E-state index in [1.807, 2.05) is 12.1 Å². The van der Waals surface area contributed by atoms with Crippen LogP contribution in [-0.2, 0) is 0 Å². The number of hydrogen-bond donors (Lipinski definition) is 4. The molecular weight excluding hydrogens is 707 g/mol. The van der Waals surface area contributed by atoms with E-state index >= 15 is 0 Å². The second kappa shape index (κ2) is 17.6. The van der Waals surface area contributed by atoms with Gasteiger partial charge in [0.25, 0.3) is 11.8 Å². The van der Waals surface area contributed by atoms with Crippen LogP contribution < -0.4 is 10.6 Å². The monoisotopic (exact) mass is 743 g/mol. The zero-order chi connectivity index (χ0) is 37.1. The van der Waals surface area contributed by atoms with Gasteiger partial charge in [0.15, 0.2) is 11.6 Å². The van der Waals surface area contributed by atoms with Crippen molar-refractivity contribution in [3.8, 4) is 23.7 Å². The number of carbonyl (C=O) groups excluding carboxylic acids is 2. The molecule has 2 saturated carbocycles. The van der Waals surface area contributed by atoms with Crippen LogP contribution in [0.3, 0.4) is 0 Å². The summed E-state index contributed by atoms with van der Waals surface area (Å²) in [5.74, 6) is 8.96. The molecule has 11 heteroatoms. The maximum absolute atomic E-state index is 13.3. The van der Waals surface area contributed by atoms with Crippen LogP contribution in [0.2, 0.25) is 10.0 Å². The van der Waals surface area contributed by atoms with Crippen molar-refractivity contribution in [2.75, 3.05) is 0 Å². The summed E-state index contributed by atoms with van der Waals surface area (Å²) in [4.78, 5) is 28.6. The largest absolute Gasteiger partial charge is 0.378 e. The lowest BCUT2D eigenvalue weighted by molar-refractivity contribution is 0.0443. The number of nitrogens with zero attached hydrogens (tertiary/aromatic N) is 1. The Balaban J connectivity index is 0.000000202. The third kappa shape index (κ3) is 11.4. The molecule has 268 valence electrons. The van der Waals surface area contributed by atoms with E-state index in [1.165, 1.54) is 6.07 Å². The summed E-state index contributed by atoms with van der Waals surface area (Å²) in [5, 5.41) is 28.4. The third-order valence-electron chi connectivity index (χ3n) is 8.73. The molecule has 0 unspecified atom stereocenters. The van der Waals surface area contributed by atoms with Crippen LogP contribution in [0.5, 0.6) is 0 Å². The number of aliphatic hydroxyl groups is 2. The number of rotatable bonds is 4. The SMILES string of the molecule is O=C(N[C@@H]1CCC[C@](O)(C#Cc2cccc(Cl)c2)C1)c1ccc(F)c(F)c1.O=C(N[C@H]1CCC[C@@](O)(C#Cc2cccc(Cl)c2)C1)c1ccccn1. The van der Waals surface area contributed by atoms with Crippen molar-refractivity contribution in [1.29, 1.82) is 0 Å². The minimum atomic E-state index is -1.23. The number of hydrogen-bond acceptors (Lipinski definition) is 5. The van der Waals surface area contributed by atoms with Gasteiger partial charge in [-0.1, -0.05) is 65.1 Å². The lowest BCUT2D eigenvalue weighted by Crippen LogP contribution is -2.45. The lowest BCUT2D eigenvalue weighted by Gasteiger charge is -2.33. The summed E-state index contributed by atoms with van der Waals surface area (Å²) in [5.41, 5.74) is -0.464. The van der Waals surface area contributed by atoms with Crippen molar-refractivity contribution in [3.05, 3.63) is 135 Å². The zero-order valence-corrected chi connectivity index (χ0v) is 29.7. The Bertz CT molecular complexity index is 2030. The van der Waals surface area contributed by atoms with Crippen LogP contribution in [0.15, 0.2) is 91.1 Å². The number of nitrogens with one attached hydrogen (secondary N) is 2. The molecule has 4 N–H and O–H groups in total. The van der Waals surface area contributed by atoms with Crippen LogP contribution in [0, 0.1) is 35.3 Å². The number of amides is 2. The molecule has 4 atom stereocenters. The van der Waals surface area contributed by atoms with Gasteiger partial charge in [-0.3, -0.25) is 14.6 Å². The summed E-state index contributed by atoms with van der Waals surface area (Å²) in [6.07, 6.45) is 6.32. The van der Waals surface area contributed by atoms with Gasteiger partial charge < -0.3 is 20.8 Å². The Labute approximate surface area is 311 Å². The highest BCUT2D eigenvalue weighted by Gasteiger charge is 2.35. The first-order valence-corrected chi connectivity index (χ1v) is 17.6. The van der Waals surface area contributed by atoms with Crippen molar-refractivity contribution in [1.82, 2.24) is 15.6 Å². The molecule has 0 saturated heterocycles. The predicted octanol–water partition coefficient (Wildman–Crippen LogP) is 7.26. The van der Waals surface area contributed by atoms with Gasteiger partial charge in [-0.2, -0.15) is 0 Å². The van der Waals surface area contributed by atoms with Crippen LogP contribution in [0.25, 0.3) is 0 Å². The Kier molecular flexibility index (Phi) is 13.0. The summed E-state index contributed by atoms with van der Waals surface area (Å²) in [6, 6.07) is 22.0. The van der Waals surface area contributed by atoms with E-state index < -0.39 is 28.7 Å². The minimum absolute atomic E-state index is 0.0352. The van der Waals surface area contributed by atoms with Gasteiger partial charge in [0.05, 0.1) is 0 Å². The summed E-state index contributed by atoms with van der Waals surface area (Å²) in [7, 11) is 0. The molecule has 6 rings (SSSR count).